The topological polar surface area (TPSA) is 35.1 Å². The molecule has 3 nitrogen and oxygen atoms in total. The molecule has 0 saturated heterocycles. The molecule has 0 aliphatic carbocycles. The standard InChI is InChI=1S/C4H4FNO2/c1-3-2-6(5)8-4(3)7/h2H,1H3. The number of hydrogen-bond donors (Lipinski definition) is 0. The van der Waals surface area contributed by atoms with E-state index in [0.29, 0.717) is 0 Å². The highest BCUT2D eigenvalue weighted by atomic mass is 19.2. The molecule has 44 valence electrons. The van der Waals surface area contributed by atoms with E-state index in [2.05, 4.69) is 4.52 Å². The Bertz CT molecular complexity index is 236. The predicted molar refractivity (Wildman–Crippen MR) is 24.2 cm³/mol. The van der Waals surface area contributed by atoms with E-state index in [1.165, 1.54) is 6.92 Å². The van der Waals surface area contributed by atoms with Crippen LogP contribution in [0.25, 0.3) is 0 Å². The van der Waals surface area contributed by atoms with Crippen LogP contribution in [-0.2, 0) is 0 Å². The predicted octanol–water partition coefficient (Wildman–Crippen LogP) is 0.482. The summed E-state index contributed by atoms with van der Waals surface area (Å²) < 4.78 is 15.6. The van der Waals surface area contributed by atoms with Crippen molar-refractivity contribution in [1.82, 2.24) is 4.96 Å². The Kier molecular flexibility index (Phi) is 0.932. The first-order chi connectivity index (χ1) is 3.70. The van der Waals surface area contributed by atoms with Gasteiger partial charge in [-0.3, -0.25) is 0 Å². The molecule has 0 unspecified atom stereocenters. The zero-order valence-corrected chi connectivity index (χ0v) is 4.22. The highest BCUT2D eigenvalue weighted by Gasteiger charge is 1.97. The van der Waals surface area contributed by atoms with E-state index >= 15 is 0 Å². The number of hydrogen-bond acceptors (Lipinski definition) is 2. The summed E-state index contributed by atoms with van der Waals surface area (Å²) >= 11 is 0. The Labute approximate surface area is 44.2 Å². The first-order valence-electron chi connectivity index (χ1n) is 2.06. The van der Waals surface area contributed by atoms with Gasteiger partial charge in [-0.1, -0.05) is 4.48 Å². The summed E-state index contributed by atoms with van der Waals surface area (Å²) in [4.78, 5) is 10.1. The van der Waals surface area contributed by atoms with Crippen LogP contribution in [0.5, 0.6) is 0 Å². The molecule has 1 heterocycles. The molecule has 0 aliphatic heterocycles. The summed E-state index contributed by atoms with van der Waals surface area (Å²) in [7, 11) is 0. The van der Waals surface area contributed by atoms with E-state index in [1.807, 2.05) is 0 Å². The fourth-order valence-electron chi connectivity index (χ4n) is 0.383. The van der Waals surface area contributed by atoms with Crippen molar-refractivity contribution in [2.75, 3.05) is 0 Å². The van der Waals surface area contributed by atoms with Gasteiger partial charge in [-0.05, 0) is 11.9 Å². The lowest BCUT2D eigenvalue weighted by molar-refractivity contribution is 0.105. The van der Waals surface area contributed by atoms with Crippen molar-refractivity contribution in [3.05, 3.63) is 22.2 Å². The van der Waals surface area contributed by atoms with Crippen LogP contribution in [0.2, 0.25) is 0 Å². The molecule has 0 amide bonds. The third-order valence-corrected chi connectivity index (χ3v) is 0.787. The first-order valence-corrected chi connectivity index (χ1v) is 2.06. The molecule has 8 heavy (non-hydrogen) atoms. The smallest absolute Gasteiger partial charge is 0.306 e. The van der Waals surface area contributed by atoms with E-state index in [4.69, 9.17) is 0 Å². The molecule has 1 aromatic heterocycles. The minimum atomic E-state index is -0.632. The molecule has 0 aromatic carbocycles. The SMILES string of the molecule is Cc1cn(F)oc1=O. The van der Waals surface area contributed by atoms with Crippen molar-refractivity contribution < 1.29 is 9.00 Å². The highest BCUT2D eigenvalue weighted by Crippen LogP contribution is 1.88. The van der Waals surface area contributed by atoms with Gasteiger partial charge >= 0.3 is 5.63 Å². The van der Waals surface area contributed by atoms with Gasteiger partial charge in [0.2, 0.25) is 0 Å². The summed E-state index contributed by atoms with van der Waals surface area (Å²) in [5, 5.41) is 0. The third kappa shape index (κ3) is 0.641. The summed E-state index contributed by atoms with van der Waals surface area (Å²) in [5.74, 6) is 0. The second-order valence-corrected chi connectivity index (χ2v) is 1.46. The van der Waals surface area contributed by atoms with Crippen LogP contribution in [0, 0.1) is 6.92 Å². The van der Waals surface area contributed by atoms with Crippen LogP contribution in [-0.4, -0.2) is 4.96 Å². The van der Waals surface area contributed by atoms with Crippen LogP contribution in [0.1, 0.15) is 5.56 Å². The summed E-state index contributed by atoms with van der Waals surface area (Å²) in [6.45, 7) is 1.47. The Morgan fingerprint density at radius 1 is 1.88 bits per heavy atom. The van der Waals surface area contributed by atoms with Gasteiger partial charge in [-0.25, -0.2) is 4.79 Å². The summed E-state index contributed by atoms with van der Waals surface area (Å²) in [5.41, 5.74) is -0.361. The quantitative estimate of drug-likeness (QED) is 0.495. The molecule has 0 radical (unpaired) electrons. The molecule has 0 fully saturated rings. The first kappa shape index (κ1) is 5.08. The zero-order chi connectivity index (χ0) is 6.15. The lowest BCUT2D eigenvalue weighted by Gasteiger charge is -1.70. The molecular formula is C4H4FNO2. The summed E-state index contributed by atoms with van der Waals surface area (Å²) in [6, 6.07) is 0. The molecule has 0 saturated carbocycles. The van der Waals surface area contributed by atoms with Crippen molar-refractivity contribution in [2.24, 2.45) is 0 Å². The second kappa shape index (κ2) is 1.47. The van der Waals surface area contributed by atoms with Crippen molar-refractivity contribution in [1.29, 1.82) is 0 Å². The Morgan fingerprint density at radius 3 is 2.62 bits per heavy atom. The van der Waals surface area contributed by atoms with Gasteiger partial charge in [0, 0.05) is 0 Å². The normalized spacial score (nSPS) is 9.75. The van der Waals surface area contributed by atoms with E-state index in [-0.39, 0.29) is 10.5 Å². The number of nitrogens with zero attached hydrogens (tertiary/aromatic N) is 1. The van der Waals surface area contributed by atoms with Gasteiger partial charge in [0.05, 0.1) is 11.8 Å². The third-order valence-electron chi connectivity index (χ3n) is 0.787. The molecular weight excluding hydrogens is 113 g/mol. The van der Waals surface area contributed by atoms with Crippen molar-refractivity contribution in [3.8, 4) is 0 Å². The number of halogens is 1. The largest absolute Gasteiger partial charge is 0.363 e. The van der Waals surface area contributed by atoms with E-state index in [1.54, 1.807) is 0 Å². The van der Waals surface area contributed by atoms with Crippen LogP contribution in [0.4, 0.5) is 4.48 Å². The number of aryl methyl sites for hydroxylation is 1. The van der Waals surface area contributed by atoms with Crippen LogP contribution in [0.3, 0.4) is 0 Å². The second-order valence-electron chi connectivity index (χ2n) is 1.46. The van der Waals surface area contributed by atoms with Crippen LogP contribution < -0.4 is 5.63 Å². The molecule has 0 aliphatic rings. The van der Waals surface area contributed by atoms with Gasteiger partial charge in [0.15, 0.2) is 0 Å². The molecule has 1 aromatic rings. The Morgan fingerprint density at radius 2 is 2.50 bits per heavy atom. The molecule has 0 N–H and O–H groups in total. The molecule has 4 heteroatoms. The summed E-state index contributed by atoms with van der Waals surface area (Å²) in [6.07, 6.45) is 0.975. The minimum Gasteiger partial charge on any atom is -0.306 e. The molecule has 0 atom stereocenters. The van der Waals surface area contributed by atoms with E-state index in [0.717, 1.165) is 6.20 Å². The number of aromatic nitrogens is 1. The number of rotatable bonds is 0. The van der Waals surface area contributed by atoms with Gasteiger partial charge < -0.3 is 4.52 Å². The van der Waals surface area contributed by atoms with Crippen LogP contribution in [0.15, 0.2) is 15.5 Å². The lowest BCUT2D eigenvalue weighted by atomic mass is 10.4. The average molecular weight is 117 g/mol. The average Bonchev–Trinajstić information content (AvgIpc) is 1.85. The fourth-order valence-corrected chi connectivity index (χ4v) is 0.383. The maximum atomic E-state index is 11.7. The van der Waals surface area contributed by atoms with Gasteiger partial charge in [0.1, 0.15) is 0 Å². The van der Waals surface area contributed by atoms with Gasteiger partial charge in [-0.2, -0.15) is 0 Å². The minimum absolute atomic E-state index is 0.113. The van der Waals surface area contributed by atoms with Gasteiger partial charge in [0.25, 0.3) is 0 Å². The van der Waals surface area contributed by atoms with Crippen molar-refractivity contribution >= 4 is 0 Å². The Balaban J connectivity index is 3.35. The van der Waals surface area contributed by atoms with Gasteiger partial charge in [-0.15, -0.1) is 0 Å². The molecule has 0 spiro atoms. The zero-order valence-electron chi connectivity index (χ0n) is 4.22. The van der Waals surface area contributed by atoms with E-state index < -0.39 is 5.63 Å². The molecule has 1 rings (SSSR count). The van der Waals surface area contributed by atoms with Crippen molar-refractivity contribution in [2.45, 2.75) is 6.92 Å². The fraction of sp³-hybridized carbons (Fsp3) is 0.250. The lowest BCUT2D eigenvalue weighted by Crippen LogP contribution is -1.93. The van der Waals surface area contributed by atoms with E-state index in [9.17, 15) is 9.28 Å². The maximum Gasteiger partial charge on any atom is 0.363 e. The molecule has 0 bridgehead atoms. The monoisotopic (exact) mass is 117 g/mol. The maximum absolute atomic E-state index is 11.7. The Hall–Kier alpha value is -1.06. The highest BCUT2D eigenvalue weighted by molar-refractivity contribution is 4.96. The van der Waals surface area contributed by atoms with Crippen molar-refractivity contribution in [3.63, 3.8) is 0 Å². The van der Waals surface area contributed by atoms with Crippen LogP contribution >= 0.6 is 0 Å².